The van der Waals surface area contributed by atoms with Crippen LogP contribution in [0.1, 0.15) is 23.8 Å². The van der Waals surface area contributed by atoms with Gasteiger partial charge < -0.3 is 15.2 Å². The SMILES string of the molecule is Cc1ccc(C)c(N[C@@H](C)C(=O)Nc2cc(C)on2)c1. The van der Waals surface area contributed by atoms with Crippen molar-refractivity contribution in [3.63, 3.8) is 0 Å². The van der Waals surface area contributed by atoms with E-state index in [1.165, 1.54) is 0 Å². The summed E-state index contributed by atoms with van der Waals surface area (Å²) in [6.45, 7) is 7.62. The number of amides is 1. The summed E-state index contributed by atoms with van der Waals surface area (Å²) in [6.07, 6.45) is 0. The van der Waals surface area contributed by atoms with Gasteiger partial charge in [-0.3, -0.25) is 4.79 Å². The van der Waals surface area contributed by atoms with Crippen molar-refractivity contribution in [1.29, 1.82) is 0 Å². The summed E-state index contributed by atoms with van der Waals surface area (Å²) < 4.78 is 4.91. The molecule has 20 heavy (non-hydrogen) atoms. The number of hydrogen-bond donors (Lipinski definition) is 2. The zero-order valence-electron chi connectivity index (χ0n) is 12.2. The van der Waals surface area contributed by atoms with E-state index in [-0.39, 0.29) is 11.9 Å². The minimum Gasteiger partial charge on any atom is -0.374 e. The summed E-state index contributed by atoms with van der Waals surface area (Å²) in [5, 5.41) is 9.66. The molecule has 2 rings (SSSR count). The van der Waals surface area contributed by atoms with Crippen molar-refractivity contribution in [2.75, 3.05) is 10.6 Å². The lowest BCUT2D eigenvalue weighted by Crippen LogP contribution is -2.32. The Morgan fingerprint density at radius 2 is 2.00 bits per heavy atom. The maximum atomic E-state index is 12.1. The average molecular weight is 273 g/mol. The van der Waals surface area contributed by atoms with E-state index < -0.39 is 0 Å². The van der Waals surface area contributed by atoms with E-state index in [0.29, 0.717) is 11.6 Å². The molecule has 5 heteroatoms. The number of nitrogens with zero attached hydrogens (tertiary/aromatic N) is 1. The van der Waals surface area contributed by atoms with Crippen LogP contribution in [0.15, 0.2) is 28.8 Å². The number of carbonyl (C=O) groups is 1. The molecule has 0 bridgehead atoms. The van der Waals surface area contributed by atoms with Crippen molar-refractivity contribution in [2.45, 2.75) is 33.7 Å². The number of carbonyl (C=O) groups excluding carboxylic acids is 1. The third-order valence-corrected chi connectivity index (χ3v) is 3.04. The molecule has 2 aromatic rings. The van der Waals surface area contributed by atoms with Crippen LogP contribution in [0, 0.1) is 20.8 Å². The first-order valence-corrected chi connectivity index (χ1v) is 6.53. The van der Waals surface area contributed by atoms with Gasteiger partial charge in [0, 0.05) is 11.8 Å². The first-order valence-electron chi connectivity index (χ1n) is 6.53. The second kappa shape index (κ2) is 5.77. The molecular formula is C15H19N3O2. The van der Waals surface area contributed by atoms with Gasteiger partial charge in [0.05, 0.1) is 0 Å². The van der Waals surface area contributed by atoms with Gasteiger partial charge in [0.2, 0.25) is 5.91 Å². The third-order valence-electron chi connectivity index (χ3n) is 3.04. The monoisotopic (exact) mass is 273 g/mol. The number of nitrogens with one attached hydrogen (secondary N) is 2. The zero-order valence-corrected chi connectivity index (χ0v) is 12.2. The predicted octanol–water partition coefficient (Wildman–Crippen LogP) is 3.04. The summed E-state index contributed by atoms with van der Waals surface area (Å²) in [6, 6.07) is 7.42. The molecule has 1 amide bonds. The fourth-order valence-corrected chi connectivity index (χ4v) is 1.85. The van der Waals surface area contributed by atoms with Crippen LogP contribution in [0.3, 0.4) is 0 Å². The van der Waals surface area contributed by atoms with Gasteiger partial charge in [-0.15, -0.1) is 0 Å². The molecule has 0 fully saturated rings. The number of hydrogen-bond acceptors (Lipinski definition) is 4. The normalized spacial score (nSPS) is 12.0. The Morgan fingerprint density at radius 3 is 2.65 bits per heavy atom. The van der Waals surface area contributed by atoms with Gasteiger partial charge >= 0.3 is 0 Å². The number of aryl methyl sites for hydroxylation is 3. The molecule has 0 aliphatic carbocycles. The van der Waals surface area contributed by atoms with Crippen LogP contribution in [0.25, 0.3) is 0 Å². The first kappa shape index (κ1) is 14.1. The third kappa shape index (κ3) is 3.38. The molecule has 0 aliphatic rings. The molecule has 1 aromatic carbocycles. The summed E-state index contributed by atoms with van der Waals surface area (Å²) in [4.78, 5) is 12.1. The molecule has 0 radical (unpaired) electrons. The largest absolute Gasteiger partial charge is 0.374 e. The highest BCUT2D eigenvalue weighted by Gasteiger charge is 2.15. The van der Waals surface area contributed by atoms with Gasteiger partial charge in [-0.25, -0.2) is 0 Å². The van der Waals surface area contributed by atoms with Crippen molar-refractivity contribution in [3.05, 3.63) is 41.2 Å². The van der Waals surface area contributed by atoms with E-state index in [1.54, 1.807) is 13.0 Å². The van der Waals surface area contributed by atoms with E-state index in [9.17, 15) is 4.79 Å². The van der Waals surface area contributed by atoms with Crippen molar-refractivity contribution in [1.82, 2.24) is 5.16 Å². The first-order chi connectivity index (χ1) is 9.45. The fraction of sp³-hybridized carbons (Fsp3) is 0.333. The summed E-state index contributed by atoms with van der Waals surface area (Å²) >= 11 is 0. The van der Waals surface area contributed by atoms with Gasteiger partial charge in [-0.2, -0.15) is 0 Å². The Morgan fingerprint density at radius 1 is 1.25 bits per heavy atom. The van der Waals surface area contributed by atoms with E-state index in [2.05, 4.69) is 15.8 Å². The van der Waals surface area contributed by atoms with Crippen LogP contribution in [0.5, 0.6) is 0 Å². The number of rotatable bonds is 4. The lowest BCUT2D eigenvalue weighted by Gasteiger charge is -2.16. The highest BCUT2D eigenvalue weighted by molar-refractivity contribution is 5.95. The quantitative estimate of drug-likeness (QED) is 0.898. The maximum Gasteiger partial charge on any atom is 0.247 e. The van der Waals surface area contributed by atoms with E-state index in [1.807, 2.05) is 39.0 Å². The number of benzene rings is 1. The van der Waals surface area contributed by atoms with Crippen molar-refractivity contribution in [2.24, 2.45) is 0 Å². The summed E-state index contributed by atoms with van der Waals surface area (Å²) in [7, 11) is 0. The van der Waals surface area contributed by atoms with Gasteiger partial charge in [0.25, 0.3) is 0 Å². The molecule has 2 N–H and O–H groups in total. The Balaban J connectivity index is 2.02. The zero-order chi connectivity index (χ0) is 14.7. The van der Waals surface area contributed by atoms with E-state index in [4.69, 9.17) is 4.52 Å². The minimum absolute atomic E-state index is 0.154. The highest BCUT2D eigenvalue weighted by atomic mass is 16.5. The predicted molar refractivity (Wildman–Crippen MR) is 78.9 cm³/mol. The van der Waals surface area contributed by atoms with Crippen LogP contribution >= 0.6 is 0 Å². The van der Waals surface area contributed by atoms with Crippen LogP contribution in [-0.4, -0.2) is 17.1 Å². The van der Waals surface area contributed by atoms with Gasteiger partial charge in [0.1, 0.15) is 11.8 Å². The van der Waals surface area contributed by atoms with Crippen LogP contribution in [0.2, 0.25) is 0 Å². The number of aromatic nitrogens is 1. The molecule has 1 heterocycles. The molecule has 106 valence electrons. The standard InChI is InChI=1S/C15H19N3O2/c1-9-5-6-10(2)13(7-9)16-12(4)15(19)17-14-8-11(3)20-18-14/h5-8,12,16H,1-4H3,(H,17,18,19)/t12-/m0/s1. The minimum atomic E-state index is -0.368. The molecule has 0 unspecified atom stereocenters. The van der Waals surface area contributed by atoms with E-state index >= 15 is 0 Å². The Hall–Kier alpha value is -2.30. The lowest BCUT2D eigenvalue weighted by atomic mass is 10.1. The summed E-state index contributed by atoms with van der Waals surface area (Å²) in [5.74, 6) is 0.941. The highest BCUT2D eigenvalue weighted by Crippen LogP contribution is 2.17. The molecule has 1 atom stereocenters. The topological polar surface area (TPSA) is 67.2 Å². The number of anilines is 2. The smallest absolute Gasteiger partial charge is 0.247 e. The maximum absolute atomic E-state index is 12.1. The second-order valence-electron chi connectivity index (χ2n) is 5.00. The van der Waals surface area contributed by atoms with Gasteiger partial charge in [-0.1, -0.05) is 17.3 Å². The molecule has 0 aliphatic heterocycles. The van der Waals surface area contributed by atoms with Crippen molar-refractivity contribution in [3.8, 4) is 0 Å². The Labute approximate surface area is 118 Å². The molecule has 5 nitrogen and oxygen atoms in total. The van der Waals surface area contributed by atoms with Crippen LogP contribution < -0.4 is 10.6 Å². The van der Waals surface area contributed by atoms with E-state index in [0.717, 1.165) is 16.8 Å². The molecule has 1 aromatic heterocycles. The lowest BCUT2D eigenvalue weighted by molar-refractivity contribution is -0.116. The van der Waals surface area contributed by atoms with Crippen LogP contribution in [-0.2, 0) is 4.79 Å². The molecule has 0 saturated carbocycles. The Bertz CT molecular complexity index is 619. The molecule has 0 saturated heterocycles. The molecule has 0 spiro atoms. The average Bonchev–Trinajstić information content (AvgIpc) is 2.79. The fourth-order valence-electron chi connectivity index (χ4n) is 1.85. The van der Waals surface area contributed by atoms with Crippen molar-refractivity contribution < 1.29 is 9.32 Å². The molecular weight excluding hydrogens is 254 g/mol. The van der Waals surface area contributed by atoms with Gasteiger partial charge in [0.15, 0.2) is 5.82 Å². The Kier molecular flexibility index (Phi) is 4.08. The second-order valence-corrected chi connectivity index (χ2v) is 5.00. The van der Waals surface area contributed by atoms with Crippen LogP contribution in [0.4, 0.5) is 11.5 Å². The summed E-state index contributed by atoms with van der Waals surface area (Å²) in [5.41, 5.74) is 3.22. The van der Waals surface area contributed by atoms with Crippen molar-refractivity contribution >= 4 is 17.4 Å². The van der Waals surface area contributed by atoms with Gasteiger partial charge in [-0.05, 0) is 44.9 Å².